The molecule has 0 saturated carbocycles. The van der Waals surface area contributed by atoms with Gasteiger partial charge in [0.05, 0.1) is 25.0 Å². The molecule has 2 aromatic rings. The number of nitrogens with zero attached hydrogens (tertiary/aromatic N) is 1. The van der Waals surface area contributed by atoms with E-state index in [-0.39, 0.29) is 36.6 Å². The molecule has 9 heteroatoms. The summed E-state index contributed by atoms with van der Waals surface area (Å²) in [4.78, 5) is 16.5. The molecule has 1 unspecified atom stereocenters. The predicted molar refractivity (Wildman–Crippen MR) is 112 cm³/mol. The summed E-state index contributed by atoms with van der Waals surface area (Å²) in [7, 11) is 1.61. The van der Waals surface area contributed by atoms with Crippen molar-refractivity contribution in [3.63, 3.8) is 0 Å². The quantitative estimate of drug-likeness (QED) is 0.729. The van der Waals surface area contributed by atoms with Crippen molar-refractivity contribution in [2.45, 2.75) is 18.9 Å². The van der Waals surface area contributed by atoms with Gasteiger partial charge >= 0.3 is 0 Å². The lowest BCUT2D eigenvalue weighted by Crippen LogP contribution is -2.44. The summed E-state index contributed by atoms with van der Waals surface area (Å²) in [6.07, 6.45) is 3.16. The van der Waals surface area contributed by atoms with Gasteiger partial charge in [-0.1, -0.05) is 0 Å². The molecular formula is C19H25Cl2N3O4. The molecule has 0 aliphatic carbocycles. The van der Waals surface area contributed by atoms with Crippen LogP contribution in [0.15, 0.2) is 42.6 Å². The molecule has 0 bridgehead atoms. The van der Waals surface area contributed by atoms with Gasteiger partial charge in [-0.2, -0.15) is 0 Å². The van der Waals surface area contributed by atoms with E-state index in [4.69, 9.17) is 19.9 Å². The Kier molecular flexibility index (Phi) is 10.0. The lowest BCUT2D eigenvalue weighted by atomic mass is 9.92. The highest BCUT2D eigenvalue weighted by Gasteiger charge is 2.26. The van der Waals surface area contributed by atoms with Crippen LogP contribution in [0.2, 0.25) is 0 Å². The number of nitrogens with one attached hydrogen (secondary N) is 1. The second-order valence-corrected chi connectivity index (χ2v) is 6.13. The van der Waals surface area contributed by atoms with E-state index in [2.05, 4.69) is 10.3 Å². The summed E-state index contributed by atoms with van der Waals surface area (Å²) in [6.45, 7) is 1.31. The van der Waals surface area contributed by atoms with Crippen LogP contribution in [0.3, 0.4) is 0 Å². The first kappa shape index (κ1) is 24.0. The molecule has 1 aromatic heterocycles. The lowest BCUT2D eigenvalue weighted by Gasteiger charge is -2.26. The van der Waals surface area contributed by atoms with Crippen molar-refractivity contribution in [1.82, 2.24) is 4.98 Å². The number of methoxy groups -OCH3 is 1. The Labute approximate surface area is 176 Å². The highest BCUT2D eigenvalue weighted by atomic mass is 35.5. The number of carbonyl (C=O) groups excluding carboxylic acids is 1. The minimum atomic E-state index is -0.547. The van der Waals surface area contributed by atoms with Crippen molar-refractivity contribution in [3.05, 3.63) is 42.6 Å². The minimum Gasteiger partial charge on any atom is -0.497 e. The van der Waals surface area contributed by atoms with Crippen molar-refractivity contribution in [1.29, 1.82) is 0 Å². The van der Waals surface area contributed by atoms with Crippen LogP contribution >= 0.6 is 24.8 Å². The van der Waals surface area contributed by atoms with Gasteiger partial charge < -0.3 is 25.3 Å². The number of benzene rings is 1. The van der Waals surface area contributed by atoms with Gasteiger partial charge in [0.1, 0.15) is 11.5 Å². The fourth-order valence-corrected chi connectivity index (χ4v) is 2.79. The van der Waals surface area contributed by atoms with Crippen molar-refractivity contribution in [3.8, 4) is 17.4 Å². The number of halogens is 2. The second-order valence-electron chi connectivity index (χ2n) is 6.13. The third-order valence-corrected chi connectivity index (χ3v) is 4.36. The summed E-state index contributed by atoms with van der Waals surface area (Å²) in [5, 5.41) is 2.81. The maximum atomic E-state index is 12.3. The number of carbonyl (C=O) groups is 1. The van der Waals surface area contributed by atoms with Gasteiger partial charge in [-0.3, -0.25) is 4.79 Å². The van der Waals surface area contributed by atoms with Crippen LogP contribution in [0, 0.1) is 5.92 Å². The third-order valence-electron chi connectivity index (χ3n) is 4.36. The average molecular weight is 430 g/mol. The van der Waals surface area contributed by atoms with Crippen molar-refractivity contribution < 1.29 is 19.0 Å². The molecule has 7 nitrogen and oxygen atoms in total. The average Bonchev–Trinajstić information content (AvgIpc) is 2.70. The number of hydrogen-bond acceptors (Lipinski definition) is 6. The van der Waals surface area contributed by atoms with E-state index in [0.29, 0.717) is 30.5 Å². The van der Waals surface area contributed by atoms with Crippen LogP contribution in [-0.2, 0) is 9.53 Å². The van der Waals surface area contributed by atoms with Crippen molar-refractivity contribution in [2.75, 3.05) is 25.6 Å². The molecule has 1 aliphatic rings. The number of rotatable bonds is 6. The van der Waals surface area contributed by atoms with Gasteiger partial charge in [-0.25, -0.2) is 4.98 Å². The van der Waals surface area contributed by atoms with Gasteiger partial charge in [0.15, 0.2) is 0 Å². The molecule has 0 spiro atoms. The van der Waals surface area contributed by atoms with Crippen LogP contribution in [0.4, 0.5) is 5.69 Å². The first-order valence-electron chi connectivity index (χ1n) is 8.58. The topological polar surface area (TPSA) is 95.7 Å². The first-order valence-corrected chi connectivity index (χ1v) is 8.58. The zero-order valence-corrected chi connectivity index (χ0v) is 17.1. The van der Waals surface area contributed by atoms with E-state index >= 15 is 0 Å². The highest BCUT2D eigenvalue weighted by molar-refractivity contribution is 5.94. The Morgan fingerprint density at radius 3 is 2.36 bits per heavy atom. The van der Waals surface area contributed by atoms with Crippen LogP contribution in [-0.4, -0.2) is 37.3 Å². The number of amides is 1. The number of anilines is 1. The van der Waals surface area contributed by atoms with Gasteiger partial charge in [-0.15, -0.1) is 24.8 Å². The summed E-state index contributed by atoms with van der Waals surface area (Å²) >= 11 is 0. The van der Waals surface area contributed by atoms with E-state index in [9.17, 15) is 4.79 Å². The SMILES string of the molecule is COc1ccc(Oc2ccc(NC(=O)C(N)C3CCOCC3)cn2)cc1.Cl.Cl. The zero-order valence-electron chi connectivity index (χ0n) is 15.5. The second kappa shape index (κ2) is 11.7. The lowest BCUT2D eigenvalue weighted by molar-refractivity contribution is -0.119. The summed E-state index contributed by atoms with van der Waals surface area (Å²) in [6, 6.07) is 10.1. The minimum absolute atomic E-state index is 0. The Morgan fingerprint density at radius 1 is 1.14 bits per heavy atom. The molecule has 154 valence electrons. The predicted octanol–water partition coefficient (Wildman–Crippen LogP) is 3.42. The monoisotopic (exact) mass is 429 g/mol. The molecule has 1 fully saturated rings. The molecule has 3 rings (SSSR count). The van der Waals surface area contributed by atoms with Crippen LogP contribution < -0.4 is 20.5 Å². The standard InChI is InChI=1S/C19H23N3O4.2ClH/c1-24-15-3-5-16(6-4-15)26-17-7-2-14(12-21-17)22-19(23)18(20)13-8-10-25-11-9-13;;/h2-7,12-13,18H,8-11,20H2,1H3,(H,22,23);2*1H. The van der Waals surface area contributed by atoms with E-state index < -0.39 is 6.04 Å². The number of hydrogen-bond donors (Lipinski definition) is 2. The number of nitrogens with two attached hydrogens (primary N) is 1. The molecule has 0 radical (unpaired) electrons. The van der Waals surface area contributed by atoms with Gasteiger partial charge in [0.2, 0.25) is 11.8 Å². The van der Waals surface area contributed by atoms with Crippen LogP contribution in [0.25, 0.3) is 0 Å². The zero-order chi connectivity index (χ0) is 18.4. The van der Waals surface area contributed by atoms with E-state index in [1.54, 1.807) is 37.6 Å². The largest absolute Gasteiger partial charge is 0.497 e. The number of aromatic nitrogens is 1. The van der Waals surface area contributed by atoms with Gasteiger partial charge in [-0.05, 0) is 49.1 Å². The number of ether oxygens (including phenoxy) is 3. The van der Waals surface area contributed by atoms with Gasteiger partial charge in [0.25, 0.3) is 0 Å². The summed E-state index contributed by atoms with van der Waals surface area (Å²) in [5.41, 5.74) is 6.66. The molecule has 1 saturated heterocycles. The maximum Gasteiger partial charge on any atom is 0.241 e. The van der Waals surface area contributed by atoms with Crippen molar-refractivity contribution in [2.24, 2.45) is 11.7 Å². The van der Waals surface area contributed by atoms with E-state index in [1.807, 2.05) is 12.1 Å². The highest BCUT2D eigenvalue weighted by Crippen LogP contribution is 2.23. The molecule has 2 heterocycles. The van der Waals surface area contributed by atoms with Crippen molar-refractivity contribution >= 4 is 36.4 Å². The molecular weight excluding hydrogens is 405 g/mol. The molecule has 1 atom stereocenters. The Morgan fingerprint density at radius 2 is 1.79 bits per heavy atom. The Hall–Kier alpha value is -2.06. The summed E-state index contributed by atoms with van der Waals surface area (Å²) in [5.74, 6) is 1.78. The fourth-order valence-electron chi connectivity index (χ4n) is 2.79. The molecule has 3 N–H and O–H groups in total. The molecule has 1 aromatic carbocycles. The van der Waals surface area contributed by atoms with Crippen LogP contribution in [0.5, 0.6) is 17.4 Å². The smallest absolute Gasteiger partial charge is 0.241 e. The molecule has 1 amide bonds. The van der Waals surface area contributed by atoms with Gasteiger partial charge in [0, 0.05) is 19.3 Å². The number of pyridine rings is 1. The Balaban J connectivity index is 0.00000196. The maximum absolute atomic E-state index is 12.3. The molecule has 1 aliphatic heterocycles. The normalized spacial score (nSPS) is 14.8. The van der Waals surface area contributed by atoms with Crippen LogP contribution in [0.1, 0.15) is 12.8 Å². The van der Waals surface area contributed by atoms with E-state index in [1.165, 1.54) is 0 Å². The third kappa shape index (κ3) is 6.53. The Bertz CT molecular complexity index is 723. The molecule has 28 heavy (non-hydrogen) atoms. The summed E-state index contributed by atoms with van der Waals surface area (Å²) < 4.78 is 16.1. The first-order chi connectivity index (χ1) is 12.7. The van der Waals surface area contributed by atoms with E-state index in [0.717, 1.165) is 18.6 Å². The fraction of sp³-hybridized carbons (Fsp3) is 0.368.